The molecule has 1 nitrogen and oxygen atoms in total. The number of nitrogens with two attached hydrogens (primary N) is 1. The van der Waals surface area contributed by atoms with Crippen molar-refractivity contribution in [2.24, 2.45) is 5.73 Å². The van der Waals surface area contributed by atoms with Crippen LogP contribution in [0.1, 0.15) is 18.9 Å². The minimum atomic E-state index is 0.137. The third kappa shape index (κ3) is 1.05. The largest absolute Gasteiger partial charge is 0.327 e. The summed E-state index contributed by atoms with van der Waals surface area (Å²) in [5, 5.41) is 0.841. The molecule has 0 unspecified atom stereocenters. The van der Waals surface area contributed by atoms with Crippen molar-refractivity contribution >= 4 is 11.6 Å². The fraction of sp³-hybridized carbons (Fsp3) is 0.400. The van der Waals surface area contributed by atoms with E-state index in [0.717, 1.165) is 11.4 Å². The van der Waals surface area contributed by atoms with Crippen LogP contribution in [-0.2, 0) is 5.41 Å². The van der Waals surface area contributed by atoms with Gasteiger partial charge in [-0.15, -0.1) is 0 Å². The van der Waals surface area contributed by atoms with E-state index in [1.54, 1.807) is 0 Å². The predicted molar refractivity (Wildman–Crippen MR) is 51.4 cm³/mol. The molecular weight excluding hydrogens is 170 g/mol. The van der Waals surface area contributed by atoms with Crippen LogP contribution in [0.5, 0.6) is 0 Å². The maximum absolute atomic E-state index is 6.06. The molecule has 1 aromatic carbocycles. The summed E-state index contributed by atoms with van der Waals surface area (Å²) in [4.78, 5) is 0. The Morgan fingerprint density at radius 2 is 2.08 bits per heavy atom. The summed E-state index contributed by atoms with van der Waals surface area (Å²) in [7, 11) is 0. The number of rotatable bonds is 1. The zero-order valence-corrected chi connectivity index (χ0v) is 7.81. The van der Waals surface area contributed by atoms with Gasteiger partial charge in [0.05, 0.1) is 0 Å². The fourth-order valence-electron chi connectivity index (χ4n) is 1.63. The Labute approximate surface area is 77.5 Å². The van der Waals surface area contributed by atoms with E-state index in [-0.39, 0.29) is 11.5 Å². The lowest BCUT2D eigenvalue weighted by Crippen LogP contribution is -2.14. The number of halogens is 1. The van der Waals surface area contributed by atoms with Gasteiger partial charge in [-0.25, -0.2) is 0 Å². The molecule has 64 valence electrons. The van der Waals surface area contributed by atoms with Crippen LogP contribution >= 0.6 is 11.6 Å². The first-order chi connectivity index (χ1) is 5.64. The van der Waals surface area contributed by atoms with Gasteiger partial charge in [0.2, 0.25) is 0 Å². The predicted octanol–water partition coefficient (Wildman–Crippen LogP) is 2.33. The Kier molecular flexibility index (Phi) is 1.67. The van der Waals surface area contributed by atoms with Crippen LogP contribution in [0.4, 0.5) is 0 Å². The molecule has 0 aliphatic heterocycles. The van der Waals surface area contributed by atoms with E-state index < -0.39 is 0 Å². The highest BCUT2D eigenvalue weighted by Crippen LogP contribution is 2.48. The summed E-state index contributed by atoms with van der Waals surface area (Å²) >= 11 is 6.06. The van der Waals surface area contributed by atoms with Crippen LogP contribution in [0, 0.1) is 0 Å². The first-order valence-electron chi connectivity index (χ1n) is 4.15. The van der Waals surface area contributed by atoms with Crippen molar-refractivity contribution in [2.75, 3.05) is 0 Å². The van der Waals surface area contributed by atoms with Gasteiger partial charge in [0, 0.05) is 16.5 Å². The molecule has 1 aromatic rings. The second kappa shape index (κ2) is 2.48. The van der Waals surface area contributed by atoms with Gasteiger partial charge in [-0.05, 0) is 18.1 Å². The first kappa shape index (κ1) is 8.09. The average molecular weight is 182 g/mol. The molecule has 2 heteroatoms. The highest BCUT2D eigenvalue weighted by Gasteiger charge is 2.49. The zero-order chi connectivity index (χ0) is 8.77. The Hall–Kier alpha value is -0.530. The van der Waals surface area contributed by atoms with Gasteiger partial charge in [-0.3, -0.25) is 0 Å². The smallest absolute Gasteiger partial charge is 0.0444 e. The van der Waals surface area contributed by atoms with Gasteiger partial charge in [-0.1, -0.05) is 36.7 Å². The van der Waals surface area contributed by atoms with Crippen molar-refractivity contribution in [2.45, 2.75) is 24.8 Å². The lowest BCUT2D eigenvalue weighted by molar-refractivity contribution is 0.741. The van der Waals surface area contributed by atoms with Crippen molar-refractivity contribution in [1.82, 2.24) is 0 Å². The second-order valence-electron chi connectivity index (χ2n) is 3.71. The van der Waals surface area contributed by atoms with Crippen LogP contribution in [0.2, 0.25) is 5.02 Å². The molecule has 0 saturated heterocycles. The third-order valence-corrected chi connectivity index (χ3v) is 3.12. The molecular formula is C10H12ClN. The lowest BCUT2D eigenvalue weighted by Gasteiger charge is -2.11. The van der Waals surface area contributed by atoms with Crippen molar-refractivity contribution in [3.05, 3.63) is 34.9 Å². The molecule has 2 N–H and O–H groups in total. The molecule has 0 heterocycles. The van der Waals surface area contributed by atoms with Crippen molar-refractivity contribution in [3.8, 4) is 0 Å². The van der Waals surface area contributed by atoms with E-state index >= 15 is 0 Å². The standard InChI is InChI=1S/C10H12ClN/c1-10(6-9(10)12)7-4-2-3-5-8(7)11/h2-5,9H,6,12H2,1H3/t9-,10+/m0/s1. The van der Waals surface area contributed by atoms with Gasteiger partial charge < -0.3 is 5.73 Å². The SMILES string of the molecule is C[C@]1(c2ccccc2Cl)C[C@@H]1N. The summed E-state index contributed by atoms with van der Waals surface area (Å²) in [6, 6.07) is 8.24. The molecule has 0 spiro atoms. The van der Waals surface area contributed by atoms with E-state index in [0.29, 0.717) is 0 Å². The van der Waals surface area contributed by atoms with Gasteiger partial charge in [-0.2, -0.15) is 0 Å². The average Bonchev–Trinajstić information content (AvgIpc) is 2.61. The summed E-state index contributed by atoms with van der Waals surface area (Å²) in [5.74, 6) is 0. The number of hydrogen-bond acceptors (Lipinski definition) is 1. The molecule has 0 bridgehead atoms. The van der Waals surface area contributed by atoms with Gasteiger partial charge in [0.1, 0.15) is 0 Å². The maximum atomic E-state index is 6.06. The minimum Gasteiger partial charge on any atom is -0.327 e. The molecule has 1 aliphatic carbocycles. The molecule has 12 heavy (non-hydrogen) atoms. The van der Waals surface area contributed by atoms with Gasteiger partial charge in [0.25, 0.3) is 0 Å². The monoisotopic (exact) mass is 181 g/mol. The Morgan fingerprint density at radius 1 is 1.50 bits per heavy atom. The van der Waals surface area contributed by atoms with Crippen LogP contribution < -0.4 is 5.73 Å². The molecule has 0 amide bonds. The molecule has 2 atom stereocenters. The number of benzene rings is 1. The zero-order valence-electron chi connectivity index (χ0n) is 7.05. The Balaban J connectivity index is 2.41. The van der Waals surface area contributed by atoms with Gasteiger partial charge in [0.15, 0.2) is 0 Å². The normalized spacial score (nSPS) is 33.4. The van der Waals surface area contributed by atoms with E-state index in [1.165, 1.54) is 5.56 Å². The second-order valence-corrected chi connectivity index (χ2v) is 4.12. The highest BCUT2D eigenvalue weighted by molar-refractivity contribution is 6.31. The summed E-state index contributed by atoms with van der Waals surface area (Å²) in [5.41, 5.74) is 7.17. The highest BCUT2D eigenvalue weighted by atomic mass is 35.5. The molecule has 1 saturated carbocycles. The van der Waals surface area contributed by atoms with Crippen molar-refractivity contribution < 1.29 is 0 Å². The fourth-order valence-corrected chi connectivity index (χ4v) is 1.98. The Bertz CT molecular complexity index is 310. The molecule has 2 rings (SSSR count). The van der Waals surface area contributed by atoms with E-state index in [1.807, 2.05) is 18.2 Å². The van der Waals surface area contributed by atoms with Gasteiger partial charge >= 0.3 is 0 Å². The summed E-state index contributed by atoms with van der Waals surface area (Å²) in [6.07, 6.45) is 1.05. The summed E-state index contributed by atoms with van der Waals surface area (Å²) in [6.45, 7) is 2.17. The Morgan fingerprint density at radius 3 is 2.58 bits per heavy atom. The third-order valence-electron chi connectivity index (χ3n) is 2.79. The lowest BCUT2D eigenvalue weighted by atomic mass is 9.98. The first-order valence-corrected chi connectivity index (χ1v) is 4.53. The molecule has 1 aliphatic rings. The minimum absolute atomic E-state index is 0.137. The molecule has 1 fully saturated rings. The van der Waals surface area contributed by atoms with Crippen LogP contribution in [0.3, 0.4) is 0 Å². The maximum Gasteiger partial charge on any atom is 0.0444 e. The van der Waals surface area contributed by atoms with Crippen LogP contribution in [0.15, 0.2) is 24.3 Å². The van der Waals surface area contributed by atoms with Crippen LogP contribution in [0.25, 0.3) is 0 Å². The van der Waals surface area contributed by atoms with Crippen LogP contribution in [-0.4, -0.2) is 6.04 Å². The number of hydrogen-bond donors (Lipinski definition) is 1. The molecule has 0 aromatic heterocycles. The van der Waals surface area contributed by atoms with Crippen molar-refractivity contribution in [1.29, 1.82) is 0 Å². The molecule has 0 radical (unpaired) electrons. The van der Waals surface area contributed by atoms with E-state index in [4.69, 9.17) is 17.3 Å². The summed E-state index contributed by atoms with van der Waals surface area (Å²) < 4.78 is 0. The van der Waals surface area contributed by atoms with Crippen molar-refractivity contribution in [3.63, 3.8) is 0 Å². The van der Waals surface area contributed by atoms with E-state index in [2.05, 4.69) is 13.0 Å². The quantitative estimate of drug-likeness (QED) is 0.707. The topological polar surface area (TPSA) is 26.0 Å². The van der Waals surface area contributed by atoms with E-state index in [9.17, 15) is 0 Å².